The monoisotopic (exact) mass is 520 g/mol. The van der Waals surface area contributed by atoms with Crippen molar-refractivity contribution in [3.8, 4) is 19.5 Å². The van der Waals surface area contributed by atoms with E-state index < -0.39 is 0 Å². The molecule has 0 aromatic carbocycles. The van der Waals surface area contributed by atoms with Crippen LogP contribution < -0.4 is 0 Å². The van der Waals surface area contributed by atoms with Gasteiger partial charge in [0.05, 0.1) is 39.0 Å². The fraction of sp³-hybridized carbons (Fsp3) is 0.154. The Morgan fingerprint density at radius 3 is 0.824 bits per heavy atom. The lowest BCUT2D eigenvalue weighted by Gasteiger charge is -2.08. The SMILES string of the molecule is CC(=O)c1cc2c(s1)-c1sc(C(C)=O)cc1C2=C1c2cc(C(C)=O)sc2-c2sc(C(C)=O)cc21. The van der Waals surface area contributed by atoms with Gasteiger partial charge in [0.2, 0.25) is 0 Å². The van der Waals surface area contributed by atoms with Crippen molar-refractivity contribution in [3.05, 3.63) is 66.0 Å². The summed E-state index contributed by atoms with van der Waals surface area (Å²) in [4.78, 5) is 55.6. The highest BCUT2D eigenvalue weighted by Gasteiger charge is 2.38. The normalized spacial score (nSPS) is 13.1. The summed E-state index contributed by atoms with van der Waals surface area (Å²) in [5.41, 5.74) is 5.85. The standard InChI is InChI=1S/C26H16O4S4/c1-9(27)17-5-13-21(14-6-18(10(2)28)32-24(14)23(13)31-17)22-15-7-19(11(3)29)33-25(15)26-16(22)8-20(34-26)12(4)30/h5-8H,1-4H3. The smallest absolute Gasteiger partial charge is 0.169 e. The zero-order chi connectivity index (χ0) is 24.0. The molecule has 0 spiro atoms. The first kappa shape index (κ1) is 21.7. The number of Topliss-reactive ketones (excluding diaryl/α,β-unsaturated/α-hetero) is 4. The fourth-order valence-electron chi connectivity index (χ4n) is 4.50. The molecule has 0 fully saturated rings. The van der Waals surface area contributed by atoms with E-state index >= 15 is 0 Å². The minimum atomic E-state index is 0.00486. The summed E-state index contributed by atoms with van der Waals surface area (Å²) in [6.45, 7) is 6.25. The summed E-state index contributed by atoms with van der Waals surface area (Å²) in [5, 5.41) is 0. The van der Waals surface area contributed by atoms with Crippen LogP contribution in [-0.4, -0.2) is 23.1 Å². The van der Waals surface area contributed by atoms with Crippen molar-refractivity contribution in [1.82, 2.24) is 0 Å². The fourth-order valence-corrected chi connectivity index (χ4v) is 9.06. The molecule has 0 atom stereocenters. The van der Waals surface area contributed by atoms with Gasteiger partial charge >= 0.3 is 0 Å². The second-order valence-corrected chi connectivity index (χ2v) is 12.6. The van der Waals surface area contributed by atoms with Gasteiger partial charge in [0, 0.05) is 33.4 Å². The molecule has 2 aliphatic rings. The van der Waals surface area contributed by atoms with Crippen LogP contribution in [0.25, 0.3) is 30.7 Å². The van der Waals surface area contributed by atoms with Crippen molar-refractivity contribution >= 4 is 79.6 Å². The second-order valence-electron chi connectivity index (χ2n) is 8.39. The first-order chi connectivity index (χ1) is 16.2. The number of rotatable bonds is 4. The predicted octanol–water partition coefficient (Wildman–Crippen LogP) is 7.71. The summed E-state index contributed by atoms with van der Waals surface area (Å²) < 4.78 is 0. The highest BCUT2D eigenvalue weighted by atomic mass is 32.1. The number of carbonyl (C=O) groups excluding carboxylic acids is 4. The minimum Gasteiger partial charge on any atom is -0.294 e. The van der Waals surface area contributed by atoms with Gasteiger partial charge < -0.3 is 0 Å². The molecule has 168 valence electrons. The van der Waals surface area contributed by atoms with Crippen molar-refractivity contribution in [2.75, 3.05) is 0 Å². The molecule has 0 saturated heterocycles. The Bertz CT molecular complexity index is 1420. The predicted molar refractivity (Wildman–Crippen MR) is 140 cm³/mol. The molecule has 0 bridgehead atoms. The van der Waals surface area contributed by atoms with E-state index in [1.165, 1.54) is 45.3 Å². The van der Waals surface area contributed by atoms with Gasteiger partial charge in [0.1, 0.15) is 0 Å². The van der Waals surface area contributed by atoms with Crippen molar-refractivity contribution in [1.29, 1.82) is 0 Å². The Balaban J connectivity index is 1.74. The van der Waals surface area contributed by atoms with Crippen molar-refractivity contribution in [2.45, 2.75) is 27.7 Å². The lowest BCUT2D eigenvalue weighted by molar-refractivity contribution is 0.101. The number of thiophene rings is 4. The van der Waals surface area contributed by atoms with Crippen LogP contribution in [0.2, 0.25) is 0 Å². The van der Waals surface area contributed by atoms with E-state index in [1.807, 2.05) is 24.3 Å². The van der Waals surface area contributed by atoms with Crippen LogP contribution in [0, 0.1) is 0 Å². The summed E-state index contributed by atoms with van der Waals surface area (Å²) in [7, 11) is 0. The Kier molecular flexibility index (Phi) is 4.70. The highest BCUT2D eigenvalue weighted by molar-refractivity contribution is 7.25. The zero-order valence-electron chi connectivity index (χ0n) is 18.6. The van der Waals surface area contributed by atoms with E-state index in [-0.39, 0.29) is 23.1 Å². The molecule has 4 nitrogen and oxygen atoms in total. The largest absolute Gasteiger partial charge is 0.294 e. The van der Waals surface area contributed by atoms with E-state index in [0.717, 1.165) is 52.9 Å². The third-order valence-electron chi connectivity index (χ3n) is 6.06. The van der Waals surface area contributed by atoms with Gasteiger partial charge in [-0.15, -0.1) is 45.3 Å². The Labute approximate surface area is 211 Å². The summed E-state index contributed by atoms with van der Waals surface area (Å²) >= 11 is 5.82. The highest BCUT2D eigenvalue weighted by Crippen LogP contribution is 2.60. The van der Waals surface area contributed by atoms with Gasteiger partial charge in [-0.25, -0.2) is 0 Å². The van der Waals surface area contributed by atoms with Gasteiger partial charge in [-0.05, 0) is 52.0 Å². The maximum Gasteiger partial charge on any atom is 0.169 e. The third-order valence-corrected chi connectivity index (χ3v) is 11.3. The first-order valence-electron chi connectivity index (χ1n) is 10.5. The Hall–Kier alpha value is -2.78. The molecule has 0 unspecified atom stereocenters. The minimum absolute atomic E-state index is 0.00486. The molecule has 0 radical (unpaired) electrons. The number of ketones is 4. The number of fused-ring (bicyclic) bond motifs is 6. The molecule has 8 heteroatoms. The average Bonchev–Trinajstić information content (AvgIpc) is 3.55. The van der Waals surface area contributed by atoms with Crippen LogP contribution in [0.1, 0.15) is 88.6 Å². The Morgan fingerprint density at radius 2 is 0.647 bits per heavy atom. The Morgan fingerprint density at radius 1 is 0.441 bits per heavy atom. The number of hydrogen-bond acceptors (Lipinski definition) is 8. The third kappa shape index (κ3) is 2.92. The lowest BCUT2D eigenvalue weighted by Crippen LogP contribution is -1.92. The lowest BCUT2D eigenvalue weighted by atomic mass is 9.93. The summed E-state index contributed by atoms with van der Waals surface area (Å²) in [6.07, 6.45) is 0. The van der Waals surface area contributed by atoms with E-state index in [1.54, 1.807) is 27.7 Å². The molecule has 6 rings (SSSR count). The zero-order valence-corrected chi connectivity index (χ0v) is 21.8. The molecule has 4 aromatic heterocycles. The molecule has 34 heavy (non-hydrogen) atoms. The van der Waals surface area contributed by atoms with Crippen LogP contribution in [0.3, 0.4) is 0 Å². The van der Waals surface area contributed by atoms with Crippen LogP contribution in [0.15, 0.2) is 24.3 Å². The van der Waals surface area contributed by atoms with Crippen LogP contribution in [0.4, 0.5) is 0 Å². The van der Waals surface area contributed by atoms with Crippen LogP contribution in [-0.2, 0) is 0 Å². The van der Waals surface area contributed by atoms with Gasteiger partial charge in [0.25, 0.3) is 0 Å². The van der Waals surface area contributed by atoms with Gasteiger partial charge in [-0.1, -0.05) is 0 Å². The quantitative estimate of drug-likeness (QED) is 0.223. The van der Waals surface area contributed by atoms with Crippen molar-refractivity contribution < 1.29 is 19.2 Å². The maximum atomic E-state index is 12.2. The van der Waals surface area contributed by atoms with Crippen LogP contribution in [0.5, 0.6) is 0 Å². The van der Waals surface area contributed by atoms with E-state index in [0.29, 0.717) is 19.5 Å². The summed E-state index contributed by atoms with van der Waals surface area (Å²) in [6, 6.07) is 7.77. The molecule has 0 aliphatic heterocycles. The molecular weight excluding hydrogens is 505 g/mol. The van der Waals surface area contributed by atoms with Gasteiger partial charge in [0.15, 0.2) is 23.1 Å². The number of hydrogen-bond donors (Lipinski definition) is 0. The average molecular weight is 521 g/mol. The second kappa shape index (κ2) is 7.36. The van der Waals surface area contributed by atoms with Crippen molar-refractivity contribution in [3.63, 3.8) is 0 Å². The maximum absolute atomic E-state index is 12.2. The number of carbonyl (C=O) groups is 4. The molecule has 4 heterocycles. The van der Waals surface area contributed by atoms with E-state index in [4.69, 9.17) is 0 Å². The summed E-state index contributed by atoms with van der Waals surface area (Å²) in [5.74, 6) is 0.0194. The topological polar surface area (TPSA) is 68.3 Å². The van der Waals surface area contributed by atoms with Crippen LogP contribution >= 0.6 is 45.3 Å². The van der Waals surface area contributed by atoms with E-state index in [2.05, 4.69) is 0 Å². The molecule has 0 saturated carbocycles. The molecular formula is C26H16O4S4. The molecule has 0 amide bonds. The van der Waals surface area contributed by atoms with Gasteiger partial charge in [-0.2, -0.15) is 0 Å². The van der Waals surface area contributed by atoms with E-state index in [9.17, 15) is 19.2 Å². The van der Waals surface area contributed by atoms with Gasteiger partial charge in [-0.3, -0.25) is 19.2 Å². The molecule has 2 aliphatic carbocycles. The first-order valence-corrected chi connectivity index (χ1v) is 13.8. The molecule has 4 aromatic rings. The van der Waals surface area contributed by atoms with Crippen molar-refractivity contribution in [2.24, 2.45) is 0 Å². The molecule has 0 N–H and O–H groups in total.